The highest BCUT2D eigenvalue weighted by Crippen LogP contribution is 2.30. The van der Waals surface area contributed by atoms with Crippen LogP contribution in [0.15, 0.2) is 42.5 Å². The molecule has 0 nitrogen and oxygen atoms in total. The molecule has 3 heteroatoms. The highest BCUT2D eigenvalue weighted by atomic mass is 79.9. The summed E-state index contributed by atoms with van der Waals surface area (Å²) in [6.07, 6.45) is 0.776. The summed E-state index contributed by atoms with van der Waals surface area (Å²) in [6.45, 7) is 2.01. The number of hydrogen-bond acceptors (Lipinski definition) is 0. The normalized spacial score (nSPS) is 12.4. The zero-order valence-electron chi connectivity index (χ0n) is 10.7. The maximum atomic E-state index is 13.3. The van der Waals surface area contributed by atoms with Gasteiger partial charge in [-0.15, -0.1) is 0 Å². The zero-order valence-corrected chi connectivity index (χ0v) is 13.0. The molecule has 0 heterocycles. The average molecular weight is 342 g/mol. The number of rotatable bonds is 4. The minimum absolute atomic E-state index is 0.187. The Hall–Kier alpha value is -0.860. The fourth-order valence-corrected chi connectivity index (χ4v) is 3.05. The van der Waals surface area contributed by atoms with Crippen LogP contribution in [0.5, 0.6) is 0 Å². The van der Waals surface area contributed by atoms with Crippen molar-refractivity contribution in [2.24, 2.45) is 0 Å². The van der Waals surface area contributed by atoms with E-state index in [-0.39, 0.29) is 11.7 Å². The van der Waals surface area contributed by atoms with Gasteiger partial charge in [-0.25, -0.2) is 4.39 Å². The van der Waals surface area contributed by atoms with Crippen molar-refractivity contribution in [3.05, 3.63) is 70.0 Å². The SMILES string of the molecule is Cc1ccc(F)cc1CC(CBr)c1ccccc1Cl. The molecule has 0 aliphatic heterocycles. The lowest BCUT2D eigenvalue weighted by Gasteiger charge is -2.17. The number of alkyl halides is 1. The van der Waals surface area contributed by atoms with Gasteiger partial charge in [-0.1, -0.05) is 51.8 Å². The van der Waals surface area contributed by atoms with Gasteiger partial charge in [0.15, 0.2) is 0 Å². The van der Waals surface area contributed by atoms with Crippen molar-refractivity contribution >= 4 is 27.5 Å². The monoisotopic (exact) mass is 340 g/mol. The van der Waals surface area contributed by atoms with E-state index < -0.39 is 0 Å². The lowest BCUT2D eigenvalue weighted by Crippen LogP contribution is -2.06. The summed E-state index contributed by atoms with van der Waals surface area (Å²) < 4.78 is 13.3. The molecule has 0 bridgehead atoms. The molecule has 0 aliphatic rings. The van der Waals surface area contributed by atoms with E-state index in [0.29, 0.717) is 0 Å². The van der Waals surface area contributed by atoms with Gasteiger partial charge in [-0.3, -0.25) is 0 Å². The number of halogens is 3. The Labute approximate surface area is 126 Å². The van der Waals surface area contributed by atoms with Crippen LogP contribution in [0.1, 0.15) is 22.6 Å². The quantitative estimate of drug-likeness (QED) is 0.643. The Kier molecular flexibility index (Phi) is 5.00. The fourth-order valence-electron chi connectivity index (χ4n) is 2.18. The topological polar surface area (TPSA) is 0 Å². The summed E-state index contributed by atoms with van der Waals surface area (Å²) in [6, 6.07) is 12.8. The van der Waals surface area contributed by atoms with Crippen LogP contribution in [-0.4, -0.2) is 5.33 Å². The second kappa shape index (κ2) is 6.53. The van der Waals surface area contributed by atoms with Crippen molar-refractivity contribution in [3.63, 3.8) is 0 Å². The van der Waals surface area contributed by atoms with E-state index in [0.717, 1.165) is 33.5 Å². The fraction of sp³-hybridized carbons (Fsp3) is 0.250. The minimum Gasteiger partial charge on any atom is -0.207 e. The molecule has 100 valence electrons. The van der Waals surface area contributed by atoms with Crippen LogP contribution in [0, 0.1) is 12.7 Å². The molecule has 1 unspecified atom stereocenters. The van der Waals surface area contributed by atoms with Gasteiger partial charge >= 0.3 is 0 Å². The second-order valence-corrected chi connectivity index (χ2v) is 5.70. The largest absolute Gasteiger partial charge is 0.207 e. The highest BCUT2D eigenvalue weighted by molar-refractivity contribution is 9.09. The van der Waals surface area contributed by atoms with Gasteiger partial charge in [0.1, 0.15) is 5.82 Å². The molecule has 0 N–H and O–H groups in total. The van der Waals surface area contributed by atoms with Crippen LogP contribution < -0.4 is 0 Å². The number of benzene rings is 2. The predicted octanol–water partition coefficient (Wildman–Crippen LogP) is 5.51. The van der Waals surface area contributed by atoms with Crippen molar-refractivity contribution in [1.29, 1.82) is 0 Å². The molecule has 0 fully saturated rings. The summed E-state index contributed by atoms with van der Waals surface area (Å²) in [5, 5.41) is 1.56. The lowest BCUT2D eigenvalue weighted by atomic mass is 9.91. The second-order valence-electron chi connectivity index (χ2n) is 4.65. The average Bonchev–Trinajstić information content (AvgIpc) is 2.41. The number of aryl methyl sites for hydroxylation is 1. The molecule has 19 heavy (non-hydrogen) atoms. The van der Waals surface area contributed by atoms with E-state index in [1.807, 2.05) is 37.3 Å². The van der Waals surface area contributed by atoms with Crippen LogP contribution >= 0.6 is 27.5 Å². The predicted molar refractivity (Wildman–Crippen MR) is 82.8 cm³/mol. The van der Waals surface area contributed by atoms with E-state index in [9.17, 15) is 4.39 Å². The molecule has 0 spiro atoms. The highest BCUT2D eigenvalue weighted by Gasteiger charge is 2.15. The Balaban J connectivity index is 2.29. The van der Waals surface area contributed by atoms with Crippen LogP contribution in [0.2, 0.25) is 5.02 Å². The first-order valence-corrected chi connectivity index (χ1v) is 7.67. The molecule has 0 saturated carbocycles. The molecule has 0 radical (unpaired) electrons. The minimum atomic E-state index is -0.187. The third-order valence-electron chi connectivity index (χ3n) is 3.31. The Morgan fingerprint density at radius 1 is 1.21 bits per heavy atom. The van der Waals surface area contributed by atoms with Crippen molar-refractivity contribution in [3.8, 4) is 0 Å². The van der Waals surface area contributed by atoms with E-state index in [2.05, 4.69) is 15.9 Å². The van der Waals surface area contributed by atoms with Gasteiger partial charge in [0, 0.05) is 10.4 Å². The summed E-state index contributed by atoms with van der Waals surface area (Å²) >= 11 is 9.78. The van der Waals surface area contributed by atoms with Crippen LogP contribution in [0.25, 0.3) is 0 Å². The standard InChI is InChI=1S/C16H15BrClF/c1-11-6-7-14(19)9-12(11)8-13(10-17)15-4-2-3-5-16(15)18/h2-7,9,13H,8,10H2,1H3. The maximum absolute atomic E-state index is 13.3. The van der Waals surface area contributed by atoms with Gasteiger partial charge < -0.3 is 0 Å². The van der Waals surface area contributed by atoms with Crippen molar-refractivity contribution in [2.75, 3.05) is 5.33 Å². The molecule has 0 aromatic heterocycles. The van der Waals surface area contributed by atoms with Crippen molar-refractivity contribution in [1.82, 2.24) is 0 Å². The summed E-state index contributed by atoms with van der Waals surface area (Å²) in [5.74, 6) is 0.0577. The maximum Gasteiger partial charge on any atom is 0.123 e. The summed E-state index contributed by atoms with van der Waals surface area (Å²) in [7, 11) is 0. The molecular formula is C16H15BrClF. The van der Waals surface area contributed by atoms with Gasteiger partial charge in [0.2, 0.25) is 0 Å². The Morgan fingerprint density at radius 2 is 1.95 bits per heavy atom. The van der Waals surface area contributed by atoms with Crippen LogP contribution in [0.3, 0.4) is 0 Å². The van der Waals surface area contributed by atoms with Gasteiger partial charge in [0.25, 0.3) is 0 Å². The first kappa shape index (κ1) is 14.5. The van der Waals surface area contributed by atoms with Crippen molar-refractivity contribution < 1.29 is 4.39 Å². The molecule has 0 saturated heterocycles. The third-order valence-corrected chi connectivity index (χ3v) is 4.43. The first-order valence-electron chi connectivity index (χ1n) is 6.17. The van der Waals surface area contributed by atoms with Gasteiger partial charge in [-0.05, 0) is 54.2 Å². The van der Waals surface area contributed by atoms with Crippen LogP contribution in [-0.2, 0) is 6.42 Å². The Morgan fingerprint density at radius 3 is 2.63 bits per heavy atom. The summed E-state index contributed by atoms with van der Waals surface area (Å²) in [4.78, 5) is 0. The number of hydrogen-bond donors (Lipinski definition) is 0. The van der Waals surface area contributed by atoms with E-state index in [1.165, 1.54) is 6.07 Å². The van der Waals surface area contributed by atoms with Crippen molar-refractivity contribution in [2.45, 2.75) is 19.3 Å². The zero-order chi connectivity index (χ0) is 13.8. The van der Waals surface area contributed by atoms with Gasteiger partial charge in [0.05, 0.1) is 0 Å². The lowest BCUT2D eigenvalue weighted by molar-refractivity contribution is 0.622. The Bertz CT molecular complexity index is 568. The van der Waals surface area contributed by atoms with Crippen LogP contribution in [0.4, 0.5) is 4.39 Å². The molecule has 0 amide bonds. The molecule has 0 aliphatic carbocycles. The molecule has 2 aromatic carbocycles. The van der Waals surface area contributed by atoms with Gasteiger partial charge in [-0.2, -0.15) is 0 Å². The van der Waals surface area contributed by atoms with E-state index in [4.69, 9.17) is 11.6 Å². The molecule has 2 aromatic rings. The molecule has 1 atom stereocenters. The molecular weight excluding hydrogens is 327 g/mol. The molecule has 2 rings (SSSR count). The smallest absolute Gasteiger partial charge is 0.123 e. The summed E-state index contributed by atoms with van der Waals surface area (Å²) in [5.41, 5.74) is 3.24. The first-order chi connectivity index (χ1) is 9.11. The van der Waals surface area contributed by atoms with E-state index >= 15 is 0 Å². The third kappa shape index (κ3) is 3.58. The van der Waals surface area contributed by atoms with E-state index in [1.54, 1.807) is 6.07 Å².